The molecule has 0 saturated heterocycles. The van der Waals surface area contributed by atoms with E-state index in [1.54, 1.807) is 31.2 Å². The van der Waals surface area contributed by atoms with Gasteiger partial charge in [-0.25, -0.2) is 0 Å². The lowest BCUT2D eigenvalue weighted by Crippen LogP contribution is -2.26. The van der Waals surface area contributed by atoms with Crippen LogP contribution < -0.4 is 21.2 Å². The number of phenolic OH excluding ortho intramolecular Hbond substituents is 1. The summed E-state index contributed by atoms with van der Waals surface area (Å²) in [7, 11) is 1.52. The molecule has 0 bridgehead atoms. The first-order valence-corrected chi connectivity index (χ1v) is 9.76. The number of aromatic amines is 1. The minimum atomic E-state index is -0.480. The number of rotatable bonds is 6. The largest absolute Gasteiger partial charge is 0.504 e. The van der Waals surface area contributed by atoms with E-state index in [4.69, 9.17) is 10.00 Å². The van der Waals surface area contributed by atoms with Crippen LogP contribution in [0.5, 0.6) is 11.5 Å². The van der Waals surface area contributed by atoms with Crippen LogP contribution in [0.2, 0.25) is 0 Å². The van der Waals surface area contributed by atoms with Crippen LogP contribution in [0.25, 0.3) is 10.9 Å². The Kier molecular flexibility index (Phi) is 4.96. The first-order chi connectivity index (χ1) is 14.4. The number of benzene rings is 1. The summed E-state index contributed by atoms with van der Waals surface area (Å²) in [6.45, 7) is 2.32. The third-order valence-electron chi connectivity index (χ3n) is 5.38. The Morgan fingerprint density at radius 2 is 2.10 bits per heavy atom. The van der Waals surface area contributed by atoms with Gasteiger partial charge in [0.1, 0.15) is 17.5 Å². The highest BCUT2D eigenvalue weighted by Gasteiger charge is 2.23. The third-order valence-corrected chi connectivity index (χ3v) is 5.38. The van der Waals surface area contributed by atoms with Crippen LogP contribution in [0.1, 0.15) is 37.1 Å². The van der Waals surface area contributed by atoms with E-state index in [0.29, 0.717) is 34.7 Å². The standard InChI is InChI=1S/C22H22N4O4/c1-12(24-17-6-5-15(10-23)26(2)22(17)29)16-7-14-8-19(27)20(30-11-13-3-4-13)9-18(14)25-21(16)28/h5-9,12-13,24,27H,3-4,11H2,1-2H3,(H,25,28)/t12-/m0/s1. The number of fused-ring (bicyclic) bond motifs is 1. The van der Waals surface area contributed by atoms with Crippen molar-refractivity contribution in [2.24, 2.45) is 13.0 Å². The van der Waals surface area contributed by atoms with Crippen LogP contribution in [-0.4, -0.2) is 21.3 Å². The molecule has 1 aliphatic carbocycles. The number of aromatic nitrogens is 2. The molecule has 8 heteroatoms. The van der Waals surface area contributed by atoms with Gasteiger partial charge in [-0.3, -0.25) is 9.59 Å². The molecule has 3 aromatic rings. The highest BCUT2D eigenvalue weighted by Crippen LogP contribution is 2.34. The molecule has 30 heavy (non-hydrogen) atoms. The summed E-state index contributed by atoms with van der Waals surface area (Å²) in [6, 6.07) is 9.42. The van der Waals surface area contributed by atoms with E-state index in [2.05, 4.69) is 10.3 Å². The summed E-state index contributed by atoms with van der Waals surface area (Å²) >= 11 is 0. The molecule has 1 saturated carbocycles. The van der Waals surface area contributed by atoms with Gasteiger partial charge in [0.05, 0.1) is 18.2 Å². The summed E-state index contributed by atoms with van der Waals surface area (Å²) in [5.41, 5.74) is 0.862. The van der Waals surface area contributed by atoms with Crippen molar-refractivity contribution < 1.29 is 9.84 Å². The second kappa shape index (κ2) is 7.59. The molecule has 0 amide bonds. The number of ether oxygens (including phenoxy) is 1. The second-order valence-corrected chi connectivity index (χ2v) is 7.69. The average Bonchev–Trinajstić information content (AvgIpc) is 3.54. The smallest absolute Gasteiger partial charge is 0.274 e. The van der Waals surface area contributed by atoms with Crippen molar-refractivity contribution in [1.29, 1.82) is 5.26 Å². The summed E-state index contributed by atoms with van der Waals surface area (Å²) in [5, 5.41) is 23.0. The molecule has 2 aromatic heterocycles. The number of nitrogens with one attached hydrogen (secondary N) is 2. The predicted molar refractivity (Wildman–Crippen MR) is 113 cm³/mol. The van der Waals surface area contributed by atoms with E-state index in [1.807, 2.05) is 6.07 Å². The van der Waals surface area contributed by atoms with Crippen LogP contribution in [0, 0.1) is 17.2 Å². The number of anilines is 1. The number of pyridine rings is 2. The maximum Gasteiger partial charge on any atom is 0.274 e. The molecule has 1 aromatic carbocycles. The number of hydrogen-bond donors (Lipinski definition) is 3. The number of nitriles is 1. The molecule has 3 N–H and O–H groups in total. The molecule has 2 heterocycles. The van der Waals surface area contributed by atoms with Gasteiger partial charge in [0.25, 0.3) is 11.1 Å². The molecule has 1 atom stereocenters. The zero-order chi connectivity index (χ0) is 21.4. The van der Waals surface area contributed by atoms with Crippen molar-refractivity contribution in [1.82, 2.24) is 9.55 Å². The molecular weight excluding hydrogens is 384 g/mol. The van der Waals surface area contributed by atoms with Crippen molar-refractivity contribution in [2.45, 2.75) is 25.8 Å². The summed E-state index contributed by atoms with van der Waals surface area (Å²) < 4.78 is 6.92. The van der Waals surface area contributed by atoms with E-state index < -0.39 is 6.04 Å². The van der Waals surface area contributed by atoms with E-state index in [-0.39, 0.29) is 28.2 Å². The quantitative estimate of drug-likeness (QED) is 0.579. The zero-order valence-corrected chi connectivity index (χ0v) is 16.7. The van der Waals surface area contributed by atoms with E-state index >= 15 is 0 Å². The maximum absolute atomic E-state index is 12.7. The summed E-state index contributed by atoms with van der Waals surface area (Å²) in [6.07, 6.45) is 2.28. The van der Waals surface area contributed by atoms with Gasteiger partial charge in [-0.1, -0.05) is 0 Å². The van der Waals surface area contributed by atoms with Gasteiger partial charge in [-0.15, -0.1) is 0 Å². The summed E-state index contributed by atoms with van der Waals surface area (Å²) in [4.78, 5) is 27.9. The Hall–Kier alpha value is -3.73. The van der Waals surface area contributed by atoms with E-state index in [1.165, 1.54) is 17.7 Å². The lowest BCUT2D eigenvalue weighted by Gasteiger charge is -2.16. The highest BCUT2D eigenvalue weighted by atomic mass is 16.5. The molecule has 4 rings (SSSR count). The fourth-order valence-electron chi connectivity index (χ4n) is 3.34. The normalized spacial score (nSPS) is 14.3. The van der Waals surface area contributed by atoms with Crippen LogP contribution in [-0.2, 0) is 7.05 Å². The minimum absolute atomic E-state index is 0.0164. The van der Waals surface area contributed by atoms with Crippen LogP contribution >= 0.6 is 0 Å². The molecule has 1 fully saturated rings. The molecule has 154 valence electrons. The number of hydrogen-bond acceptors (Lipinski definition) is 6. The van der Waals surface area contributed by atoms with Crippen LogP contribution in [0.15, 0.2) is 39.9 Å². The van der Waals surface area contributed by atoms with Gasteiger partial charge in [-0.2, -0.15) is 5.26 Å². The van der Waals surface area contributed by atoms with Crippen molar-refractivity contribution in [3.8, 4) is 17.6 Å². The van der Waals surface area contributed by atoms with Gasteiger partial charge in [0.2, 0.25) is 0 Å². The second-order valence-electron chi connectivity index (χ2n) is 7.69. The number of aromatic hydroxyl groups is 1. The van der Waals surface area contributed by atoms with Gasteiger partial charge < -0.3 is 24.7 Å². The molecule has 0 aliphatic heterocycles. The van der Waals surface area contributed by atoms with E-state index in [9.17, 15) is 14.7 Å². The summed E-state index contributed by atoms with van der Waals surface area (Å²) in [5.74, 6) is 0.913. The zero-order valence-electron chi connectivity index (χ0n) is 16.7. The first kappa shape index (κ1) is 19.6. The monoisotopic (exact) mass is 406 g/mol. The molecule has 8 nitrogen and oxygen atoms in total. The third kappa shape index (κ3) is 3.74. The Bertz CT molecular complexity index is 1280. The molecule has 0 unspecified atom stereocenters. The van der Waals surface area contributed by atoms with E-state index in [0.717, 1.165) is 12.8 Å². The molecule has 1 aliphatic rings. The number of nitrogens with zero attached hydrogens (tertiary/aromatic N) is 2. The van der Waals surface area contributed by atoms with Crippen molar-refractivity contribution in [3.05, 3.63) is 62.3 Å². The van der Waals surface area contributed by atoms with Crippen molar-refractivity contribution in [3.63, 3.8) is 0 Å². The highest BCUT2D eigenvalue weighted by molar-refractivity contribution is 5.83. The fraction of sp³-hybridized carbons (Fsp3) is 0.318. The van der Waals surface area contributed by atoms with Gasteiger partial charge in [-0.05, 0) is 49.9 Å². The van der Waals surface area contributed by atoms with Gasteiger partial charge in [0, 0.05) is 24.1 Å². The number of phenols is 1. The number of H-pyrrole nitrogens is 1. The fourth-order valence-corrected chi connectivity index (χ4v) is 3.34. The predicted octanol–water partition coefficient (Wildman–Crippen LogP) is 2.77. The van der Waals surface area contributed by atoms with Crippen LogP contribution in [0.3, 0.4) is 0 Å². The maximum atomic E-state index is 12.7. The Balaban J connectivity index is 1.63. The van der Waals surface area contributed by atoms with Gasteiger partial charge in [0.15, 0.2) is 11.5 Å². The Morgan fingerprint density at radius 1 is 1.33 bits per heavy atom. The Labute approximate surface area is 172 Å². The molecular formula is C22H22N4O4. The van der Waals surface area contributed by atoms with Crippen LogP contribution in [0.4, 0.5) is 5.69 Å². The molecule has 0 radical (unpaired) electrons. The topological polar surface area (TPSA) is 120 Å². The molecule has 0 spiro atoms. The minimum Gasteiger partial charge on any atom is -0.504 e. The van der Waals surface area contributed by atoms with Crippen molar-refractivity contribution in [2.75, 3.05) is 11.9 Å². The van der Waals surface area contributed by atoms with Crippen molar-refractivity contribution >= 4 is 16.6 Å². The Morgan fingerprint density at radius 3 is 2.80 bits per heavy atom. The lowest BCUT2D eigenvalue weighted by molar-refractivity contribution is 0.285. The lowest BCUT2D eigenvalue weighted by atomic mass is 10.1. The van der Waals surface area contributed by atoms with Gasteiger partial charge >= 0.3 is 0 Å². The average molecular weight is 406 g/mol. The SMILES string of the molecule is C[C@H](Nc1ccc(C#N)n(C)c1=O)c1cc2cc(O)c(OCC3CC3)cc2[nH]c1=O. The first-order valence-electron chi connectivity index (χ1n) is 9.76.